The lowest BCUT2D eigenvalue weighted by atomic mass is 10.2. The van der Waals surface area contributed by atoms with E-state index in [1.807, 2.05) is 6.07 Å². The number of carbonyl (C=O) groups excluding carboxylic acids is 1. The Labute approximate surface area is 94.2 Å². The SMILES string of the molecule is CC(=O)NCCNc1ccc(N)c(C#N)c1. The summed E-state index contributed by atoms with van der Waals surface area (Å²) in [5.41, 5.74) is 7.32. The van der Waals surface area contributed by atoms with Crippen LogP contribution >= 0.6 is 0 Å². The smallest absolute Gasteiger partial charge is 0.216 e. The van der Waals surface area contributed by atoms with Crippen LogP contribution in [0.25, 0.3) is 0 Å². The molecule has 0 unspecified atom stereocenters. The molecule has 1 rings (SSSR count). The minimum absolute atomic E-state index is 0.0585. The Morgan fingerprint density at radius 2 is 2.25 bits per heavy atom. The largest absolute Gasteiger partial charge is 0.398 e. The third-order valence-corrected chi connectivity index (χ3v) is 2.00. The van der Waals surface area contributed by atoms with Crippen LogP contribution in [0.5, 0.6) is 0 Å². The van der Waals surface area contributed by atoms with Gasteiger partial charge in [-0.1, -0.05) is 0 Å². The first-order valence-corrected chi connectivity index (χ1v) is 4.91. The van der Waals surface area contributed by atoms with Crippen LogP contribution in [0, 0.1) is 11.3 Å². The summed E-state index contributed by atoms with van der Waals surface area (Å²) in [6.07, 6.45) is 0. The lowest BCUT2D eigenvalue weighted by Crippen LogP contribution is -2.26. The summed E-state index contributed by atoms with van der Waals surface area (Å²) < 4.78 is 0. The van der Waals surface area contributed by atoms with Crippen molar-refractivity contribution in [1.29, 1.82) is 5.26 Å². The van der Waals surface area contributed by atoms with Crippen LogP contribution in [-0.4, -0.2) is 19.0 Å². The van der Waals surface area contributed by atoms with Gasteiger partial charge >= 0.3 is 0 Å². The number of anilines is 2. The molecule has 0 radical (unpaired) electrons. The predicted octanol–water partition coefficient (Wildman–Crippen LogP) is 0.688. The fourth-order valence-electron chi connectivity index (χ4n) is 1.21. The van der Waals surface area contributed by atoms with Crippen molar-refractivity contribution >= 4 is 17.3 Å². The number of nitrogen functional groups attached to an aromatic ring is 1. The second-order valence-electron chi connectivity index (χ2n) is 3.32. The predicted molar refractivity (Wildman–Crippen MR) is 62.7 cm³/mol. The Kier molecular flexibility index (Phi) is 4.16. The summed E-state index contributed by atoms with van der Waals surface area (Å²) in [5, 5.41) is 14.5. The number of carbonyl (C=O) groups is 1. The van der Waals surface area contributed by atoms with E-state index < -0.39 is 0 Å². The van der Waals surface area contributed by atoms with E-state index in [1.54, 1.807) is 18.2 Å². The number of nitrogens with zero attached hydrogens (tertiary/aromatic N) is 1. The highest BCUT2D eigenvalue weighted by atomic mass is 16.1. The van der Waals surface area contributed by atoms with Gasteiger partial charge in [-0.2, -0.15) is 5.26 Å². The molecule has 0 saturated heterocycles. The van der Waals surface area contributed by atoms with Crippen LogP contribution < -0.4 is 16.4 Å². The van der Waals surface area contributed by atoms with E-state index >= 15 is 0 Å². The molecule has 84 valence electrons. The molecule has 1 aromatic rings. The van der Waals surface area contributed by atoms with Gasteiger partial charge in [0.25, 0.3) is 0 Å². The van der Waals surface area contributed by atoms with E-state index in [0.29, 0.717) is 24.3 Å². The molecule has 0 atom stereocenters. The van der Waals surface area contributed by atoms with Crippen molar-refractivity contribution in [3.63, 3.8) is 0 Å². The molecule has 0 aliphatic rings. The first-order valence-electron chi connectivity index (χ1n) is 4.91. The van der Waals surface area contributed by atoms with Gasteiger partial charge in [-0.25, -0.2) is 0 Å². The summed E-state index contributed by atoms with van der Waals surface area (Å²) in [4.78, 5) is 10.6. The van der Waals surface area contributed by atoms with E-state index in [9.17, 15) is 4.79 Å². The summed E-state index contributed by atoms with van der Waals surface area (Å²) in [6.45, 7) is 2.62. The molecule has 0 fully saturated rings. The van der Waals surface area contributed by atoms with Crippen LogP contribution in [0.2, 0.25) is 0 Å². The van der Waals surface area contributed by atoms with Crippen molar-refractivity contribution in [2.45, 2.75) is 6.92 Å². The fraction of sp³-hybridized carbons (Fsp3) is 0.273. The molecule has 5 heteroatoms. The average Bonchev–Trinajstić information content (AvgIpc) is 2.26. The van der Waals surface area contributed by atoms with Crippen molar-refractivity contribution in [1.82, 2.24) is 5.32 Å². The molecular formula is C11H14N4O. The third kappa shape index (κ3) is 3.50. The maximum Gasteiger partial charge on any atom is 0.216 e. The van der Waals surface area contributed by atoms with Crippen molar-refractivity contribution < 1.29 is 4.79 Å². The van der Waals surface area contributed by atoms with Crippen LogP contribution in [0.1, 0.15) is 12.5 Å². The summed E-state index contributed by atoms with van der Waals surface area (Å²) in [7, 11) is 0. The van der Waals surface area contributed by atoms with Crippen molar-refractivity contribution in [2.75, 3.05) is 24.1 Å². The normalized spacial score (nSPS) is 9.25. The lowest BCUT2D eigenvalue weighted by molar-refractivity contribution is -0.118. The zero-order chi connectivity index (χ0) is 12.0. The third-order valence-electron chi connectivity index (χ3n) is 2.00. The van der Waals surface area contributed by atoms with Gasteiger partial charge in [-0.3, -0.25) is 4.79 Å². The first kappa shape index (κ1) is 11.9. The van der Waals surface area contributed by atoms with Crippen LogP contribution in [0.4, 0.5) is 11.4 Å². The molecule has 5 nitrogen and oxygen atoms in total. The number of amides is 1. The average molecular weight is 218 g/mol. The molecular weight excluding hydrogens is 204 g/mol. The second kappa shape index (κ2) is 5.61. The van der Waals surface area contributed by atoms with Gasteiger partial charge < -0.3 is 16.4 Å². The highest BCUT2D eigenvalue weighted by molar-refractivity contribution is 5.72. The number of nitrogens with one attached hydrogen (secondary N) is 2. The van der Waals surface area contributed by atoms with E-state index in [-0.39, 0.29) is 5.91 Å². The highest BCUT2D eigenvalue weighted by Gasteiger charge is 1.99. The zero-order valence-electron chi connectivity index (χ0n) is 9.08. The Hall–Kier alpha value is -2.22. The lowest BCUT2D eigenvalue weighted by Gasteiger charge is -2.07. The molecule has 0 heterocycles. The monoisotopic (exact) mass is 218 g/mol. The molecule has 1 amide bonds. The van der Waals surface area contributed by atoms with Crippen molar-refractivity contribution in [3.8, 4) is 6.07 Å². The molecule has 0 saturated carbocycles. The van der Waals surface area contributed by atoms with Gasteiger partial charge in [-0.15, -0.1) is 0 Å². The number of hydrogen-bond acceptors (Lipinski definition) is 4. The Morgan fingerprint density at radius 3 is 2.88 bits per heavy atom. The van der Waals surface area contributed by atoms with Gasteiger partial charge in [0.1, 0.15) is 6.07 Å². The van der Waals surface area contributed by atoms with Gasteiger partial charge in [0.05, 0.1) is 5.56 Å². The zero-order valence-corrected chi connectivity index (χ0v) is 9.08. The minimum Gasteiger partial charge on any atom is -0.398 e. The molecule has 4 N–H and O–H groups in total. The quantitative estimate of drug-likeness (QED) is 0.512. The summed E-state index contributed by atoms with van der Waals surface area (Å²) in [5.74, 6) is -0.0585. The molecule has 0 aliphatic heterocycles. The van der Waals surface area contributed by atoms with Crippen LogP contribution in [0.3, 0.4) is 0 Å². The maximum atomic E-state index is 10.6. The number of nitrogens with two attached hydrogens (primary N) is 1. The maximum absolute atomic E-state index is 10.6. The number of nitriles is 1. The van der Waals surface area contributed by atoms with Crippen LogP contribution in [-0.2, 0) is 4.79 Å². The number of rotatable bonds is 4. The van der Waals surface area contributed by atoms with Gasteiger partial charge in [0.15, 0.2) is 0 Å². The topological polar surface area (TPSA) is 90.9 Å². The second-order valence-corrected chi connectivity index (χ2v) is 3.32. The van der Waals surface area contributed by atoms with E-state index in [1.165, 1.54) is 6.92 Å². The molecule has 0 bridgehead atoms. The standard InChI is InChI=1S/C11H14N4O/c1-8(16)14-4-5-15-10-2-3-11(13)9(6-10)7-12/h2-3,6,15H,4-5,13H2,1H3,(H,14,16). The molecule has 16 heavy (non-hydrogen) atoms. The molecule has 0 aromatic heterocycles. The van der Waals surface area contributed by atoms with Crippen molar-refractivity contribution in [2.24, 2.45) is 0 Å². The van der Waals surface area contributed by atoms with E-state index in [0.717, 1.165) is 5.69 Å². The molecule has 0 aliphatic carbocycles. The van der Waals surface area contributed by atoms with Gasteiger partial charge in [0, 0.05) is 31.4 Å². The molecule has 0 spiro atoms. The Morgan fingerprint density at radius 1 is 1.50 bits per heavy atom. The van der Waals surface area contributed by atoms with E-state index in [4.69, 9.17) is 11.0 Å². The summed E-state index contributed by atoms with van der Waals surface area (Å²) in [6, 6.07) is 7.17. The van der Waals surface area contributed by atoms with Gasteiger partial charge in [-0.05, 0) is 18.2 Å². The molecule has 1 aromatic carbocycles. The van der Waals surface area contributed by atoms with Gasteiger partial charge in [0.2, 0.25) is 5.91 Å². The highest BCUT2D eigenvalue weighted by Crippen LogP contribution is 2.16. The number of benzene rings is 1. The number of hydrogen-bond donors (Lipinski definition) is 3. The fourth-order valence-corrected chi connectivity index (χ4v) is 1.21. The van der Waals surface area contributed by atoms with E-state index in [2.05, 4.69) is 10.6 Å². The van der Waals surface area contributed by atoms with Crippen LogP contribution in [0.15, 0.2) is 18.2 Å². The first-order chi connectivity index (χ1) is 7.63. The van der Waals surface area contributed by atoms with Crippen molar-refractivity contribution in [3.05, 3.63) is 23.8 Å². The minimum atomic E-state index is -0.0585. The Balaban J connectivity index is 2.49. The summed E-state index contributed by atoms with van der Waals surface area (Å²) >= 11 is 0. The Bertz CT molecular complexity index is 422.